The number of nitrogens with one attached hydrogen (secondary N) is 3. The van der Waals surface area contributed by atoms with E-state index < -0.39 is 23.7 Å². The van der Waals surface area contributed by atoms with Crippen molar-refractivity contribution in [2.75, 3.05) is 31.3 Å². The molecule has 3 N–H and O–H groups in total. The van der Waals surface area contributed by atoms with Gasteiger partial charge in [0.1, 0.15) is 5.75 Å². The molecule has 0 bridgehead atoms. The van der Waals surface area contributed by atoms with Gasteiger partial charge in [-0.15, -0.1) is 0 Å². The molecule has 29 heavy (non-hydrogen) atoms. The quantitative estimate of drug-likeness (QED) is 0.655. The Labute approximate surface area is 166 Å². The highest BCUT2D eigenvalue weighted by atomic mass is 19.4. The number of rotatable bonds is 7. The van der Waals surface area contributed by atoms with Crippen molar-refractivity contribution in [1.82, 2.24) is 0 Å². The fourth-order valence-electron chi connectivity index (χ4n) is 2.53. The summed E-state index contributed by atoms with van der Waals surface area (Å²) in [6.45, 7) is 1.60. The number of likely N-dealkylation sites (N-methyl/N-ethyl adjacent to an activating group) is 1. The van der Waals surface area contributed by atoms with Crippen LogP contribution in [0.1, 0.15) is 12.5 Å². The first-order chi connectivity index (χ1) is 13.6. The molecule has 2 rings (SSSR count). The largest absolute Gasteiger partial charge is 0.497 e. The van der Waals surface area contributed by atoms with Crippen LogP contribution >= 0.6 is 0 Å². The number of amides is 2. The monoisotopic (exact) mass is 410 g/mol. The lowest BCUT2D eigenvalue weighted by Gasteiger charge is -2.21. The molecule has 0 fully saturated rings. The van der Waals surface area contributed by atoms with Crippen molar-refractivity contribution < 1.29 is 32.4 Å². The van der Waals surface area contributed by atoms with E-state index in [1.165, 1.54) is 19.2 Å². The highest BCUT2D eigenvalue weighted by Gasteiger charge is 2.31. The van der Waals surface area contributed by atoms with E-state index >= 15 is 0 Å². The van der Waals surface area contributed by atoms with Gasteiger partial charge in [0.15, 0.2) is 12.6 Å². The number of alkyl halides is 3. The van der Waals surface area contributed by atoms with Crippen LogP contribution in [-0.2, 0) is 15.8 Å². The minimum absolute atomic E-state index is 0.00318. The Morgan fingerprint density at radius 2 is 1.72 bits per heavy atom. The summed E-state index contributed by atoms with van der Waals surface area (Å²) >= 11 is 0. The first-order valence-electron chi connectivity index (χ1n) is 8.84. The number of methoxy groups -OCH3 is 1. The molecule has 2 amide bonds. The molecule has 1 unspecified atom stereocenters. The maximum absolute atomic E-state index is 12.8. The highest BCUT2D eigenvalue weighted by molar-refractivity contribution is 5.94. The van der Waals surface area contributed by atoms with E-state index in [1.807, 2.05) is 0 Å². The molecule has 0 aliphatic heterocycles. The lowest BCUT2D eigenvalue weighted by Crippen LogP contribution is -3.14. The van der Waals surface area contributed by atoms with E-state index in [4.69, 9.17) is 4.74 Å². The van der Waals surface area contributed by atoms with Gasteiger partial charge in [-0.2, -0.15) is 13.2 Å². The van der Waals surface area contributed by atoms with Crippen molar-refractivity contribution in [1.29, 1.82) is 0 Å². The Morgan fingerprint density at radius 3 is 2.31 bits per heavy atom. The van der Waals surface area contributed by atoms with Gasteiger partial charge in [0.25, 0.3) is 11.8 Å². The van der Waals surface area contributed by atoms with Crippen LogP contribution in [-0.4, -0.2) is 38.6 Å². The van der Waals surface area contributed by atoms with Gasteiger partial charge in [-0.25, -0.2) is 0 Å². The third-order valence-electron chi connectivity index (χ3n) is 4.40. The average Bonchev–Trinajstić information content (AvgIpc) is 2.67. The number of halogens is 3. The molecule has 0 saturated heterocycles. The van der Waals surface area contributed by atoms with Crippen molar-refractivity contribution in [2.24, 2.45) is 0 Å². The summed E-state index contributed by atoms with van der Waals surface area (Å²) in [6.07, 6.45) is -4.49. The lowest BCUT2D eigenvalue weighted by molar-refractivity contribution is -0.885. The third kappa shape index (κ3) is 6.49. The molecule has 9 heteroatoms. The van der Waals surface area contributed by atoms with E-state index in [0.29, 0.717) is 16.3 Å². The van der Waals surface area contributed by atoms with Gasteiger partial charge in [0.2, 0.25) is 0 Å². The molecule has 0 aliphatic rings. The van der Waals surface area contributed by atoms with Gasteiger partial charge in [-0.05, 0) is 49.4 Å². The predicted octanol–water partition coefficient (Wildman–Crippen LogP) is 2.19. The molecule has 2 aromatic carbocycles. The van der Waals surface area contributed by atoms with E-state index in [-0.39, 0.29) is 18.1 Å². The lowest BCUT2D eigenvalue weighted by atomic mass is 10.2. The smallest absolute Gasteiger partial charge is 0.416 e. The standard InChI is InChI=1S/C20H22F3N3O3/c1-13(19(28)25-16-6-4-5-14(11-16)20(21,22)23)26(2)12-18(27)24-15-7-9-17(29-3)10-8-15/h4-11,13H,12H2,1-3H3,(H,24,27)(H,25,28)/p+1/t13-/m1/s1. The Balaban J connectivity index is 1.92. The van der Waals surface area contributed by atoms with Gasteiger partial charge in [0, 0.05) is 11.4 Å². The van der Waals surface area contributed by atoms with E-state index in [2.05, 4.69) is 10.6 Å². The molecule has 2 atom stereocenters. The number of quaternary nitrogens is 1. The number of carbonyl (C=O) groups excluding carboxylic acids is 2. The zero-order chi connectivity index (χ0) is 21.6. The zero-order valence-corrected chi connectivity index (χ0v) is 16.3. The summed E-state index contributed by atoms with van der Waals surface area (Å²) in [4.78, 5) is 25.1. The molecule has 0 spiro atoms. The van der Waals surface area contributed by atoms with E-state index in [0.717, 1.165) is 12.1 Å². The van der Waals surface area contributed by atoms with E-state index in [1.54, 1.807) is 38.2 Å². The molecule has 0 heterocycles. The Hall–Kier alpha value is -3.07. The third-order valence-corrected chi connectivity index (χ3v) is 4.40. The maximum atomic E-state index is 12.8. The van der Waals surface area contributed by atoms with Crippen LogP contribution in [0.25, 0.3) is 0 Å². The Kier molecular flexibility index (Phi) is 7.22. The maximum Gasteiger partial charge on any atom is 0.416 e. The van der Waals surface area contributed by atoms with Gasteiger partial charge < -0.3 is 20.3 Å². The highest BCUT2D eigenvalue weighted by Crippen LogP contribution is 2.30. The van der Waals surface area contributed by atoms with Crippen molar-refractivity contribution in [3.63, 3.8) is 0 Å². The topological polar surface area (TPSA) is 71.9 Å². The van der Waals surface area contributed by atoms with Crippen LogP contribution in [0.3, 0.4) is 0 Å². The van der Waals surface area contributed by atoms with Crippen LogP contribution in [0.4, 0.5) is 24.5 Å². The van der Waals surface area contributed by atoms with E-state index in [9.17, 15) is 22.8 Å². The number of anilines is 2. The number of hydrogen-bond donors (Lipinski definition) is 3. The summed E-state index contributed by atoms with van der Waals surface area (Å²) in [5.74, 6) is -0.129. The molecule has 0 radical (unpaired) electrons. The summed E-state index contributed by atoms with van der Waals surface area (Å²) in [6, 6.07) is 10.5. The Bertz CT molecular complexity index is 854. The number of hydrogen-bond acceptors (Lipinski definition) is 3. The van der Waals surface area contributed by atoms with Crippen LogP contribution in [0.2, 0.25) is 0 Å². The number of carbonyl (C=O) groups is 2. The van der Waals surface area contributed by atoms with Crippen LogP contribution in [0.5, 0.6) is 5.75 Å². The van der Waals surface area contributed by atoms with Gasteiger partial charge in [-0.3, -0.25) is 9.59 Å². The van der Waals surface area contributed by atoms with Gasteiger partial charge in [-0.1, -0.05) is 6.07 Å². The van der Waals surface area contributed by atoms with Crippen LogP contribution < -0.4 is 20.3 Å². The average molecular weight is 410 g/mol. The van der Waals surface area contributed by atoms with Crippen molar-refractivity contribution in [3.8, 4) is 5.75 Å². The second-order valence-corrected chi connectivity index (χ2v) is 6.59. The van der Waals surface area contributed by atoms with Crippen LogP contribution in [0, 0.1) is 0 Å². The fourth-order valence-corrected chi connectivity index (χ4v) is 2.53. The molecular weight excluding hydrogens is 387 g/mol. The zero-order valence-electron chi connectivity index (χ0n) is 16.3. The first-order valence-corrected chi connectivity index (χ1v) is 8.84. The predicted molar refractivity (Wildman–Crippen MR) is 103 cm³/mol. The molecule has 0 aliphatic carbocycles. The minimum atomic E-state index is -4.49. The molecule has 6 nitrogen and oxygen atoms in total. The summed E-state index contributed by atoms with van der Waals surface area (Å²) in [5.41, 5.74) is -0.209. The summed E-state index contributed by atoms with van der Waals surface area (Å²) in [7, 11) is 3.20. The SMILES string of the molecule is COc1ccc(NC(=O)C[NH+](C)[C@H](C)C(=O)Nc2cccc(C(F)(F)F)c2)cc1. The van der Waals surface area contributed by atoms with Crippen molar-refractivity contribution >= 4 is 23.2 Å². The Morgan fingerprint density at radius 1 is 1.07 bits per heavy atom. The first kappa shape index (κ1) is 22.2. The minimum Gasteiger partial charge on any atom is -0.497 e. The fraction of sp³-hybridized carbons (Fsp3) is 0.300. The summed E-state index contributed by atoms with van der Waals surface area (Å²) in [5, 5.41) is 5.18. The number of benzene rings is 2. The second-order valence-electron chi connectivity index (χ2n) is 6.59. The van der Waals surface area contributed by atoms with Gasteiger partial charge in [0.05, 0.1) is 19.7 Å². The molecular formula is C20H23F3N3O3+. The van der Waals surface area contributed by atoms with Crippen LogP contribution in [0.15, 0.2) is 48.5 Å². The molecule has 156 valence electrons. The van der Waals surface area contributed by atoms with Crippen molar-refractivity contribution in [3.05, 3.63) is 54.1 Å². The molecule has 0 saturated carbocycles. The molecule has 0 aromatic heterocycles. The number of ether oxygens (including phenoxy) is 1. The molecule has 2 aromatic rings. The normalized spacial score (nSPS) is 13.3. The second kappa shape index (κ2) is 9.42. The summed E-state index contributed by atoms with van der Waals surface area (Å²) < 4.78 is 43.4. The van der Waals surface area contributed by atoms with Gasteiger partial charge >= 0.3 is 6.18 Å². The van der Waals surface area contributed by atoms with Crippen molar-refractivity contribution in [2.45, 2.75) is 19.1 Å².